The highest BCUT2D eigenvalue weighted by Gasteiger charge is 2.41. The highest BCUT2D eigenvalue weighted by atomic mass is 32.1. The monoisotopic (exact) mass is 487 g/mol. The van der Waals surface area contributed by atoms with Crippen molar-refractivity contribution < 1.29 is 4.79 Å². The Labute approximate surface area is 212 Å². The van der Waals surface area contributed by atoms with Gasteiger partial charge in [0.1, 0.15) is 0 Å². The minimum absolute atomic E-state index is 0.0144. The van der Waals surface area contributed by atoms with E-state index in [0.29, 0.717) is 11.2 Å². The lowest BCUT2D eigenvalue weighted by Crippen LogP contribution is -2.29. The normalized spacial score (nSPS) is 20.5. The van der Waals surface area contributed by atoms with E-state index in [9.17, 15) is 4.79 Å². The van der Waals surface area contributed by atoms with Crippen LogP contribution in [0.4, 0.5) is 11.4 Å². The topological polar surface area (TPSA) is 62.2 Å². The van der Waals surface area contributed by atoms with Crippen molar-refractivity contribution in [2.75, 3.05) is 10.2 Å². The predicted octanol–water partition coefficient (Wildman–Crippen LogP) is 6.08. The zero-order valence-corrected chi connectivity index (χ0v) is 21.4. The number of carbonyl (C=O) groups excluding carboxylic acids is 1. The Morgan fingerprint density at radius 1 is 1.17 bits per heavy atom. The Kier molecular flexibility index (Phi) is 6.60. The number of anilines is 2. The zero-order chi connectivity index (χ0) is 24.5. The van der Waals surface area contributed by atoms with Crippen LogP contribution in [-0.4, -0.2) is 20.6 Å². The first-order valence-corrected chi connectivity index (χ1v) is 12.9. The summed E-state index contributed by atoms with van der Waals surface area (Å²) in [4.78, 5) is 19.1. The third-order valence-corrected chi connectivity index (χ3v) is 7.51. The van der Waals surface area contributed by atoms with Gasteiger partial charge in [-0.1, -0.05) is 32.8 Å². The van der Waals surface area contributed by atoms with Gasteiger partial charge < -0.3 is 20.1 Å². The molecule has 3 aromatic rings. The van der Waals surface area contributed by atoms with Crippen LogP contribution >= 0.6 is 12.2 Å². The van der Waals surface area contributed by atoms with Gasteiger partial charge in [0, 0.05) is 41.9 Å². The van der Waals surface area contributed by atoms with Crippen LogP contribution in [0.3, 0.4) is 0 Å². The molecule has 2 N–H and O–H groups in total. The molecule has 2 aromatic heterocycles. The van der Waals surface area contributed by atoms with Crippen molar-refractivity contribution in [1.82, 2.24) is 14.9 Å². The first-order valence-electron chi connectivity index (χ1n) is 12.5. The van der Waals surface area contributed by atoms with Gasteiger partial charge in [0.05, 0.1) is 17.8 Å². The van der Waals surface area contributed by atoms with E-state index in [-0.39, 0.29) is 23.9 Å². The third-order valence-electron chi connectivity index (χ3n) is 7.19. The molecular formula is C28H33N5OS. The predicted molar refractivity (Wildman–Crippen MR) is 145 cm³/mol. The lowest BCUT2D eigenvalue weighted by atomic mass is 9.98. The number of aromatic nitrogens is 2. The highest BCUT2D eigenvalue weighted by molar-refractivity contribution is 7.80. The number of nitrogens with one attached hydrogen (secondary N) is 2. The van der Waals surface area contributed by atoms with Gasteiger partial charge in [0.15, 0.2) is 5.11 Å². The molecule has 2 aliphatic rings. The van der Waals surface area contributed by atoms with Crippen LogP contribution in [0, 0.1) is 12.8 Å². The number of amides is 1. The molecule has 1 amide bonds. The molecule has 1 aliphatic carbocycles. The van der Waals surface area contributed by atoms with Crippen LogP contribution in [0.5, 0.6) is 0 Å². The van der Waals surface area contributed by atoms with E-state index in [0.717, 1.165) is 22.6 Å². The number of benzene rings is 1. The quantitative estimate of drug-likeness (QED) is 0.413. The van der Waals surface area contributed by atoms with Crippen LogP contribution in [-0.2, 0) is 4.79 Å². The van der Waals surface area contributed by atoms with Gasteiger partial charge in [0.2, 0.25) is 5.91 Å². The maximum Gasteiger partial charge on any atom is 0.226 e. The number of pyridine rings is 1. The van der Waals surface area contributed by atoms with Crippen molar-refractivity contribution in [3.05, 3.63) is 77.9 Å². The molecule has 1 aromatic carbocycles. The van der Waals surface area contributed by atoms with E-state index in [1.54, 1.807) is 0 Å². The molecule has 3 heterocycles. The smallest absolute Gasteiger partial charge is 0.226 e. The summed E-state index contributed by atoms with van der Waals surface area (Å²) in [5.41, 5.74) is 5.02. The number of thiocarbonyl (C=S) groups is 1. The first kappa shape index (κ1) is 23.5. The lowest BCUT2D eigenvalue weighted by Gasteiger charge is -2.28. The van der Waals surface area contributed by atoms with E-state index in [1.807, 2.05) is 51.2 Å². The number of carbonyl (C=O) groups is 1. The molecule has 2 atom stereocenters. The molecule has 1 saturated heterocycles. The summed E-state index contributed by atoms with van der Waals surface area (Å²) in [6, 6.07) is 14.8. The Hall–Kier alpha value is -3.19. The van der Waals surface area contributed by atoms with Gasteiger partial charge in [0.25, 0.3) is 0 Å². The summed E-state index contributed by atoms with van der Waals surface area (Å²) in [7, 11) is 0. The molecule has 5 rings (SSSR count). The second kappa shape index (κ2) is 9.82. The lowest BCUT2D eigenvalue weighted by molar-refractivity contribution is -0.118. The standard InChI is InChI=1S/C28H33N5OS/c1-18(2)27(34)30-23-12-11-22(16-19(23)3)33-26(20-13-15-32(17-20)21-8-4-5-9-21)25(31-28(33)35)24-10-6-7-14-29-24/h6-7,10-18,21,25-26H,4-5,8-9H2,1-3H3,(H,30,34)(H,31,35)/t25-,26-/m0/s1. The molecule has 2 fully saturated rings. The van der Waals surface area contributed by atoms with Crippen molar-refractivity contribution in [1.29, 1.82) is 0 Å². The van der Waals surface area contributed by atoms with E-state index < -0.39 is 0 Å². The van der Waals surface area contributed by atoms with E-state index in [2.05, 4.69) is 55.7 Å². The molecule has 0 bridgehead atoms. The molecule has 7 heteroatoms. The van der Waals surface area contributed by atoms with Crippen LogP contribution in [0.2, 0.25) is 0 Å². The van der Waals surface area contributed by atoms with Crippen LogP contribution in [0.15, 0.2) is 61.1 Å². The van der Waals surface area contributed by atoms with Gasteiger partial charge in [-0.2, -0.15) is 0 Å². The minimum atomic E-state index is -0.0724. The fourth-order valence-corrected chi connectivity index (χ4v) is 5.57. The molecule has 0 spiro atoms. The number of hydrogen-bond acceptors (Lipinski definition) is 3. The summed E-state index contributed by atoms with van der Waals surface area (Å²) in [6.07, 6.45) is 11.4. The minimum Gasteiger partial charge on any atom is -0.351 e. The fourth-order valence-electron chi connectivity index (χ4n) is 5.22. The Bertz CT molecular complexity index is 1220. The van der Waals surface area contributed by atoms with Crippen molar-refractivity contribution in [3.63, 3.8) is 0 Å². The first-order chi connectivity index (χ1) is 16.9. The van der Waals surface area contributed by atoms with Gasteiger partial charge in [-0.3, -0.25) is 9.78 Å². The van der Waals surface area contributed by atoms with Crippen molar-refractivity contribution >= 4 is 34.6 Å². The second-order valence-corrected chi connectivity index (χ2v) is 10.4. The summed E-state index contributed by atoms with van der Waals surface area (Å²) >= 11 is 5.88. The maximum absolute atomic E-state index is 12.2. The Morgan fingerprint density at radius 3 is 2.66 bits per heavy atom. The third kappa shape index (κ3) is 4.69. The van der Waals surface area contributed by atoms with Crippen molar-refractivity contribution in [2.24, 2.45) is 5.92 Å². The fraction of sp³-hybridized carbons (Fsp3) is 0.393. The summed E-state index contributed by atoms with van der Waals surface area (Å²) in [5, 5.41) is 7.25. The average Bonchev–Trinajstić information content (AvgIpc) is 3.60. The summed E-state index contributed by atoms with van der Waals surface area (Å²) < 4.78 is 2.38. The summed E-state index contributed by atoms with van der Waals surface area (Å²) in [6.45, 7) is 5.81. The molecule has 6 nitrogen and oxygen atoms in total. The molecule has 1 saturated carbocycles. The average molecular weight is 488 g/mol. The van der Waals surface area contributed by atoms with E-state index in [1.165, 1.54) is 31.2 Å². The highest BCUT2D eigenvalue weighted by Crippen LogP contribution is 2.43. The molecule has 35 heavy (non-hydrogen) atoms. The van der Waals surface area contributed by atoms with Gasteiger partial charge in [-0.25, -0.2) is 0 Å². The van der Waals surface area contributed by atoms with Crippen LogP contribution in [0.1, 0.15) is 74.5 Å². The van der Waals surface area contributed by atoms with Crippen molar-refractivity contribution in [2.45, 2.75) is 64.6 Å². The van der Waals surface area contributed by atoms with Crippen LogP contribution < -0.4 is 15.5 Å². The number of aryl methyl sites for hydroxylation is 1. The number of nitrogens with zero attached hydrogens (tertiary/aromatic N) is 3. The summed E-state index contributed by atoms with van der Waals surface area (Å²) in [5.74, 6) is -0.0580. The van der Waals surface area contributed by atoms with E-state index >= 15 is 0 Å². The van der Waals surface area contributed by atoms with Crippen LogP contribution in [0.25, 0.3) is 0 Å². The number of hydrogen-bond donors (Lipinski definition) is 2. The van der Waals surface area contributed by atoms with Gasteiger partial charge >= 0.3 is 0 Å². The Balaban J connectivity index is 1.52. The van der Waals surface area contributed by atoms with E-state index in [4.69, 9.17) is 12.2 Å². The molecule has 0 radical (unpaired) electrons. The maximum atomic E-state index is 12.2. The zero-order valence-electron chi connectivity index (χ0n) is 20.6. The Morgan fingerprint density at radius 2 is 1.97 bits per heavy atom. The van der Waals surface area contributed by atoms with Crippen molar-refractivity contribution in [3.8, 4) is 0 Å². The molecule has 182 valence electrons. The SMILES string of the molecule is Cc1cc(N2C(=S)N[C@@H](c3ccccn3)[C@@H]2c2ccn(C3CCCC3)c2)ccc1NC(=O)C(C)C. The second-order valence-electron chi connectivity index (χ2n) is 9.97. The molecule has 1 aliphatic heterocycles. The number of rotatable bonds is 6. The van der Waals surface area contributed by atoms with Gasteiger partial charge in [-0.05, 0) is 79.5 Å². The van der Waals surface area contributed by atoms with Gasteiger partial charge in [-0.15, -0.1) is 0 Å². The largest absolute Gasteiger partial charge is 0.351 e. The molecule has 0 unspecified atom stereocenters. The molecular weight excluding hydrogens is 454 g/mol.